The van der Waals surface area contributed by atoms with Gasteiger partial charge in [-0.3, -0.25) is 4.90 Å². The zero-order valence-corrected chi connectivity index (χ0v) is 9.63. The minimum atomic E-state index is 0.0268. The highest BCUT2D eigenvalue weighted by Crippen LogP contribution is 2.12. The molecule has 1 atom stereocenters. The molecule has 0 aliphatic carbocycles. The second-order valence-corrected chi connectivity index (χ2v) is 4.36. The lowest BCUT2D eigenvalue weighted by Gasteiger charge is -2.36. The lowest BCUT2D eigenvalue weighted by atomic mass is 10.1. The highest BCUT2D eigenvalue weighted by atomic mass is 15.3. The molecule has 0 spiro atoms. The number of likely N-dealkylation sites (N-methyl/N-ethyl adjacent to an activating group) is 1. The Hall–Kier alpha value is -1.37. The van der Waals surface area contributed by atoms with Gasteiger partial charge in [-0.05, 0) is 12.6 Å². The summed E-state index contributed by atoms with van der Waals surface area (Å²) >= 11 is 0. The third-order valence-electron chi connectivity index (χ3n) is 3.07. The molecular weight excluding hydrogens is 198 g/mol. The van der Waals surface area contributed by atoms with Crippen molar-refractivity contribution in [2.45, 2.75) is 12.6 Å². The van der Waals surface area contributed by atoms with Crippen LogP contribution in [0.25, 0.3) is 0 Å². The predicted molar refractivity (Wildman–Crippen MR) is 63.8 cm³/mol. The van der Waals surface area contributed by atoms with E-state index in [1.807, 2.05) is 18.2 Å². The number of nitriles is 1. The molecule has 3 nitrogen and oxygen atoms in total. The number of benzene rings is 1. The lowest BCUT2D eigenvalue weighted by molar-refractivity contribution is 0.113. The molecule has 0 radical (unpaired) electrons. The molecule has 0 amide bonds. The van der Waals surface area contributed by atoms with Crippen molar-refractivity contribution in [1.29, 1.82) is 5.26 Å². The third-order valence-corrected chi connectivity index (χ3v) is 3.07. The lowest BCUT2D eigenvalue weighted by Crippen LogP contribution is -2.50. The average Bonchev–Trinajstić information content (AvgIpc) is 2.33. The van der Waals surface area contributed by atoms with Gasteiger partial charge in [0.15, 0.2) is 0 Å². The van der Waals surface area contributed by atoms with Gasteiger partial charge in [-0.1, -0.05) is 30.3 Å². The van der Waals surface area contributed by atoms with Gasteiger partial charge in [-0.15, -0.1) is 0 Å². The summed E-state index contributed by atoms with van der Waals surface area (Å²) < 4.78 is 0. The largest absolute Gasteiger partial charge is 0.302 e. The van der Waals surface area contributed by atoms with Crippen molar-refractivity contribution in [3.05, 3.63) is 35.9 Å². The van der Waals surface area contributed by atoms with Crippen LogP contribution in [0.3, 0.4) is 0 Å². The molecule has 1 saturated heterocycles. The first-order chi connectivity index (χ1) is 7.79. The summed E-state index contributed by atoms with van der Waals surface area (Å²) in [6.07, 6.45) is 0. The highest BCUT2D eigenvalue weighted by Gasteiger charge is 2.24. The monoisotopic (exact) mass is 215 g/mol. The van der Waals surface area contributed by atoms with Crippen LogP contribution in [-0.4, -0.2) is 42.5 Å². The summed E-state index contributed by atoms with van der Waals surface area (Å²) in [5.41, 5.74) is 1.28. The van der Waals surface area contributed by atoms with E-state index < -0.39 is 0 Å². The van der Waals surface area contributed by atoms with E-state index in [2.05, 4.69) is 35.0 Å². The van der Waals surface area contributed by atoms with E-state index >= 15 is 0 Å². The summed E-state index contributed by atoms with van der Waals surface area (Å²) in [6, 6.07) is 12.8. The average molecular weight is 215 g/mol. The Morgan fingerprint density at radius 3 is 2.75 bits per heavy atom. The van der Waals surface area contributed by atoms with Gasteiger partial charge in [0.25, 0.3) is 0 Å². The van der Waals surface area contributed by atoms with Crippen molar-refractivity contribution < 1.29 is 0 Å². The van der Waals surface area contributed by atoms with E-state index in [-0.39, 0.29) is 6.04 Å². The molecule has 0 bridgehead atoms. The topological polar surface area (TPSA) is 30.3 Å². The van der Waals surface area contributed by atoms with Crippen LogP contribution < -0.4 is 0 Å². The summed E-state index contributed by atoms with van der Waals surface area (Å²) in [5, 5.41) is 9.14. The molecule has 3 heteroatoms. The highest BCUT2D eigenvalue weighted by molar-refractivity contribution is 5.15. The number of rotatable bonds is 2. The maximum atomic E-state index is 9.14. The molecule has 1 heterocycles. The van der Waals surface area contributed by atoms with Crippen LogP contribution in [0.5, 0.6) is 0 Å². The Labute approximate surface area is 96.9 Å². The van der Waals surface area contributed by atoms with Crippen molar-refractivity contribution in [3.63, 3.8) is 0 Å². The molecule has 16 heavy (non-hydrogen) atoms. The van der Waals surface area contributed by atoms with Crippen LogP contribution >= 0.6 is 0 Å². The molecule has 0 N–H and O–H groups in total. The minimum Gasteiger partial charge on any atom is -0.302 e. The molecule has 2 rings (SSSR count). The molecule has 1 aliphatic heterocycles. The standard InChI is InChI=1S/C13H17N3/c1-15-7-8-16(13(9-14)11-15)10-12-5-3-2-4-6-12/h2-6,13H,7-8,10-11H2,1H3. The first kappa shape index (κ1) is 11.1. The van der Waals surface area contributed by atoms with Crippen LogP contribution in [-0.2, 0) is 6.54 Å². The van der Waals surface area contributed by atoms with Gasteiger partial charge in [0.2, 0.25) is 0 Å². The Balaban J connectivity index is 2.02. The smallest absolute Gasteiger partial charge is 0.111 e. The number of piperazine rings is 1. The molecule has 0 aromatic heterocycles. The van der Waals surface area contributed by atoms with E-state index in [1.54, 1.807) is 0 Å². The van der Waals surface area contributed by atoms with Crippen molar-refractivity contribution in [2.75, 3.05) is 26.7 Å². The van der Waals surface area contributed by atoms with Crippen LogP contribution in [0.4, 0.5) is 0 Å². The first-order valence-electron chi connectivity index (χ1n) is 5.66. The third kappa shape index (κ3) is 2.60. The summed E-state index contributed by atoms with van der Waals surface area (Å²) in [4.78, 5) is 4.48. The van der Waals surface area contributed by atoms with Crippen molar-refractivity contribution in [3.8, 4) is 6.07 Å². The minimum absolute atomic E-state index is 0.0268. The maximum Gasteiger partial charge on any atom is 0.111 e. The number of nitrogens with zero attached hydrogens (tertiary/aromatic N) is 3. The zero-order chi connectivity index (χ0) is 11.4. The predicted octanol–water partition coefficient (Wildman–Crippen LogP) is 1.33. The van der Waals surface area contributed by atoms with E-state index in [4.69, 9.17) is 5.26 Å². The molecule has 1 fully saturated rings. The second-order valence-electron chi connectivity index (χ2n) is 4.36. The van der Waals surface area contributed by atoms with Crippen LogP contribution in [0.1, 0.15) is 5.56 Å². The Bertz CT molecular complexity index is 369. The fourth-order valence-electron chi connectivity index (χ4n) is 2.09. The van der Waals surface area contributed by atoms with Crippen LogP contribution in [0, 0.1) is 11.3 Å². The summed E-state index contributed by atoms with van der Waals surface area (Å²) in [5.74, 6) is 0. The van der Waals surface area contributed by atoms with Gasteiger partial charge >= 0.3 is 0 Å². The van der Waals surface area contributed by atoms with Gasteiger partial charge in [0.05, 0.1) is 6.07 Å². The second kappa shape index (κ2) is 5.11. The van der Waals surface area contributed by atoms with E-state index in [1.165, 1.54) is 5.56 Å². The van der Waals surface area contributed by atoms with Crippen molar-refractivity contribution in [2.24, 2.45) is 0 Å². The zero-order valence-electron chi connectivity index (χ0n) is 9.63. The van der Waals surface area contributed by atoms with Crippen LogP contribution in [0.2, 0.25) is 0 Å². The normalized spacial score (nSPS) is 22.9. The Morgan fingerprint density at radius 1 is 1.31 bits per heavy atom. The van der Waals surface area contributed by atoms with Crippen molar-refractivity contribution >= 4 is 0 Å². The Kier molecular flexibility index (Phi) is 3.55. The molecule has 1 aliphatic rings. The number of hydrogen-bond donors (Lipinski definition) is 0. The molecular formula is C13H17N3. The van der Waals surface area contributed by atoms with E-state index in [0.717, 1.165) is 26.2 Å². The number of hydrogen-bond acceptors (Lipinski definition) is 3. The Morgan fingerprint density at radius 2 is 2.06 bits per heavy atom. The van der Waals surface area contributed by atoms with Gasteiger partial charge in [-0.25, -0.2) is 0 Å². The molecule has 1 unspecified atom stereocenters. The quantitative estimate of drug-likeness (QED) is 0.745. The fraction of sp³-hybridized carbons (Fsp3) is 0.462. The summed E-state index contributed by atoms with van der Waals surface area (Å²) in [6.45, 7) is 3.75. The van der Waals surface area contributed by atoms with E-state index in [9.17, 15) is 0 Å². The molecule has 1 aromatic carbocycles. The summed E-state index contributed by atoms with van der Waals surface area (Å²) in [7, 11) is 2.07. The molecule has 1 aromatic rings. The van der Waals surface area contributed by atoms with Gasteiger partial charge in [-0.2, -0.15) is 5.26 Å². The maximum absolute atomic E-state index is 9.14. The first-order valence-corrected chi connectivity index (χ1v) is 5.66. The van der Waals surface area contributed by atoms with Gasteiger partial charge < -0.3 is 4.90 Å². The molecule has 0 saturated carbocycles. The SMILES string of the molecule is CN1CCN(Cc2ccccc2)C(C#N)C1. The van der Waals surface area contributed by atoms with Gasteiger partial charge in [0.1, 0.15) is 6.04 Å². The van der Waals surface area contributed by atoms with Crippen molar-refractivity contribution in [1.82, 2.24) is 9.80 Å². The van der Waals surface area contributed by atoms with E-state index in [0.29, 0.717) is 0 Å². The van der Waals surface area contributed by atoms with Gasteiger partial charge in [0, 0.05) is 26.2 Å². The molecule has 84 valence electrons. The van der Waals surface area contributed by atoms with Crippen LogP contribution in [0.15, 0.2) is 30.3 Å². The fourth-order valence-corrected chi connectivity index (χ4v) is 2.09.